The highest BCUT2D eigenvalue weighted by atomic mass is 35.5. The summed E-state index contributed by atoms with van der Waals surface area (Å²) in [6, 6.07) is 10.6. The van der Waals surface area contributed by atoms with Crippen molar-refractivity contribution in [2.75, 3.05) is 24.5 Å². The maximum Gasteiger partial charge on any atom is 0.263 e. The van der Waals surface area contributed by atoms with E-state index in [1.807, 2.05) is 6.92 Å². The molecule has 1 saturated heterocycles. The highest BCUT2D eigenvalue weighted by Crippen LogP contribution is 2.26. The minimum Gasteiger partial charge on any atom is -0.494 e. The van der Waals surface area contributed by atoms with Crippen molar-refractivity contribution < 1.29 is 22.7 Å². The van der Waals surface area contributed by atoms with Crippen molar-refractivity contribution in [2.45, 2.75) is 30.7 Å². The zero-order chi connectivity index (χ0) is 20.9. The predicted molar refractivity (Wildman–Crippen MR) is 111 cm³/mol. The lowest BCUT2D eigenvalue weighted by Gasteiger charge is -2.23. The fourth-order valence-electron chi connectivity index (χ4n) is 2.97. The molecule has 2 N–H and O–H groups in total. The Balaban J connectivity index is 1.77. The van der Waals surface area contributed by atoms with E-state index < -0.39 is 10.0 Å². The second-order valence-corrected chi connectivity index (χ2v) is 8.65. The van der Waals surface area contributed by atoms with Gasteiger partial charge in [-0.05, 0) is 62.2 Å². The van der Waals surface area contributed by atoms with E-state index in [0.717, 1.165) is 12.8 Å². The molecule has 0 aromatic heterocycles. The highest BCUT2D eigenvalue weighted by Gasteiger charge is 2.22. The van der Waals surface area contributed by atoms with Crippen LogP contribution >= 0.6 is 11.6 Å². The van der Waals surface area contributed by atoms with Gasteiger partial charge in [0.25, 0.3) is 15.9 Å². The second-order valence-electron chi connectivity index (χ2n) is 6.60. The van der Waals surface area contributed by atoms with Crippen molar-refractivity contribution in [3.8, 4) is 5.75 Å². The van der Waals surface area contributed by atoms with E-state index in [4.69, 9.17) is 21.1 Å². The first kappa shape index (κ1) is 21.4. The number of anilines is 1. The highest BCUT2D eigenvalue weighted by molar-refractivity contribution is 7.92. The van der Waals surface area contributed by atoms with Gasteiger partial charge in [0.2, 0.25) is 0 Å². The Hall–Kier alpha value is -2.29. The lowest BCUT2D eigenvalue weighted by molar-refractivity contribution is 0.0624. The van der Waals surface area contributed by atoms with Crippen LogP contribution < -0.4 is 14.8 Å². The third-order valence-corrected chi connectivity index (χ3v) is 6.26. The SMILES string of the molecule is CCOc1ccc(NS(=O)(=O)c2cc(C(=O)NC3CCCOC3)ccc2Cl)cc1. The number of nitrogens with one attached hydrogen (secondary N) is 2. The number of hydrogen-bond donors (Lipinski definition) is 2. The van der Waals surface area contributed by atoms with E-state index >= 15 is 0 Å². The van der Waals surface area contributed by atoms with Crippen LogP contribution in [0.2, 0.25) is 5.02 Å². The van der Waals surface area contributed by atoms with Gasteiger partial charge in [-0.15, -0.1) is 0 Å². The van der Waals surface area contributed by atoms with Gasteiger partial charge < -0.3 is 14.8 Å². The van der Waals surface area contributed by atoms with E-state index in [0.29, 0.717) is 31.3 Å². The number of ether oxygens (including phenoxy) is 2. The monoisotopic (exact) mass is 438 g/mol. The molecule has 1 aliphatic heterocycles. The van der Waals surface area contributed by atoms with Crippen LogP contribution in [0, 0.1) is 0 Å². The van der Waals surface area contributed by atoms with Crippen molar-refractivity contribution in [1.29, 1.82) is 0 Å². The third-order valence-electron chi connectivity index (χ3n) is 4.40. The van der Waals surface area contributed by atoms with Gasteiger partial charge in [-0.2, -0.15) is 0 Å². The number of carbonyl (C=O) groups is 1. The van der Waals surface area contributed by atoms with E-state index in [1.165, 1.54) is 18.2 Å². The number of carbonyl (C=O) groups excluding carboxylic acids is 1. The third kappa shape index (κ3) is 5.62. The number of hydrogen-bond acceptors (Lipinski definition) is 5. The predicted octanol–water partition coefficient (Wildman–Crippen LogP) is 3.45. The van der Waals surface area contributed by atoms with Crippen LogP contribution in [0.15, 0.2) is 47.4 Å². The summed E-state index contributed by atoms with van der Waals surface area (Å²) >= 11 is 6.12. The minimum absolute atomic E-state index is 0.0287. The molecule has 1 aliphatic rings. The van der Waals surface area contributed by atoms with Crippen molar-refractivity contribution in [3.63, 3.8) is 0 Å². The molecule has 1 heterocycles. The van der Waals surface area contributed by atoms with Gasteiger partial charge in [-0.25, -0.2) is 8.42 Å². The Morgan fingerprint density at radius 3 is 2.66 bits per heavy atom. The van der Waals surface area contributed by atoms with Gasteiger partial charge in [-0.3, -0.25) is 9.52 Å². The lowest BCUT2D eigenvalue weighted by atomic mass is 10.1. The van der Waals surface area contributed by atoms with E-state index in [2.05, 4.69) is 10.0 Å². The summed E-state index contributed by atoms with van der Waals surface area (Å²) in [6.45, 7) is 3.52. The second kappa shape index (κ2) is 9.47. The van der Waals surface area contributed by atoms with Crippen LogP contribution in [0.1, 0.15) is 30.1 Å². The Bertz CT molecular complexity index is 957. The summed E-state index contributed by atoms with van der Waals surface area (Å²) in [5.74, 6) is 0.272. The first-order valence-electron chi connectivity index (χ1n) is 9.33. The number of amides is 1. The van der Waals surface area contributed by atoms with Crippen LogP contribution in [0.4, 0.5) is 5.69 Å². The Morgan fingerprint density at radius 1 is 1.24 bits per heavy atom. The van der Waals surface area contributed by atoms with Crippen molar-refractivity contribution in [1.82, 2.24) is 5.32 Å². The topological polar surface area (TPSA) is 93.7 Å². The minimum atomic E-state index is -3.99. The fourth-order valence-corrected chi connectivity index (χ4v) is 4.56. The van der Waals surface area contributed by atoms with Crippen LogP contribution in [-0.2, 0) is 14.8 Å². The van der Waals surface area contributed by atoms with Crippen molar-refractivity contribution in [2.24, 2.45) is 0 Å². The standard InChI is InChI=1S/C20H23ClN2O5S/c1-2-28-17-8-6-15(7-9-17)23-29(25,26)19-12-14(5-10-18(19)21)20(24)22-16-4-3-11-27-13-16/h5-10,12,16,23H,2-4,11,13H2,1H3,(H,22,24). The molecule has 2 aromatic rings. The molecule has 7 nitrogen and oxygen atoms in total. The molecule has 9 heteroatoms. The van der Waals surface area contributed by atoms with E-state index in [1.54, 1.807) is 24.3 Å². The van der Waals surface area contributed by atoms with Gasteiger partial charge in [0.05, 0.1) is 24.3 Å². The molecule has 29 heavy (non-hydrogen) atoms. The molecule has 3 rings (SSSR count). The fraction of sp³-hybridized carbons (Fsp3) is 0.350. The maximum atomic E-state index is 12.8. The van der Waals surface area contributed by atoms with Crippen molar-refractivity contribution >= 4 is 33.2 Å². The van der Waals surface area contributed by atoms with E-state index in [-0.39, 0.29) is 27.4 Å². The summed E-state index contributed by atoms with van der Waals surface area (Å²) in [6.07, 6.45) is 1.70. The number of rotatable bonds is 7. The quantitative estimate of drug-likeness (QED) is 0.690. The first-order chi connectivity index (χ1) is 13.9. The van der Waals surface area contributed by atoms with Gasteiger partial charge in [0.1, 0.15) is 10.6 Å². The summed E-state index contributed by atoms with van der Waals surface area (Å²) < 4.78 is 38.8. The Morgan fingerprint density at radius 2 is 2.00 bits per heavy atom. The molecular weight excluding hydrogens is 416 g/mol. The van der Waals surface area contributed by atoms with E-state index in [9.17, 15) is 13.2 Å². The summed E-state index contributed by atoms with van der Waals surface area (Å²) in [5.41, 5.74) is 0.575. The van der Waals surface area contributed by atoms with Crippen LogP contribution in [0.25, 0.3) is 0 Å². The van der Waals surface area contributed by atoms with Crippen LogP contribution in [0.5, 0.6) is 5.75 Å². The zero-order valence-corrected chi connectivity index (χ0v) is 17.6. The zero-order valence-electron chi connectivity index (χ0n) is 16.0. The maximum absolute atomic E-state index is 12.8. The molecular formula is C20H23ClN2O5S. The van der Waals surface area contributed by atoms with Gasteiger partial charge in [0.15, 0.2) is 0 Å². The lowest BCUT2D eigenvalue weighted by Crippen LogP contribution is -2.40. The van der Waals surface area contributed by atoms with Crippen molar-refractivity contribution in [3.05, 3.63) is 53.1 Å². The summed E-state index contributed by atoms with van der Waals surface area (Å²) in [4.78, 5) is 12.4. The number of halogens is 1. The van der Waals surface area contributed by atoms with Gasteiger partial charge >= 0.3 is 0 Å². The molecule has 0 spiro atoms. The summed E-state index contributed by atoms with van der Waals surface area (Å²) in [5, 5.41) is 2.89. The normalized spacial score (nSPS) is 16.8. The van der Waals surface area contributed by atoms with Gasteiger partial charge in [-0.1, -0.05) is 11.6 Å². The first-order valence-corrected chi connectivity index (χ1v) is 11.2. The summed E-state index contributed by atoms with van der Waals surface area (Å²) in [7, 11) is -3.99. The molecule has 0 aliphatic carbocycles. The molecule has 1 atom stereocenters. The molecule has 1 unspecified atom stereocenters. The average molecular weight is 439 g/mol. The molecule has 2 aromatic carbocycles. The smallest absolute Gasteiger partial charge is 0.263 e. The Labute approximate surface area is 175 Å². The average Bonchev–Trinajstić information content (AvgIpc) is 2.70. The molecule has 1 amide bonds. The van der Waals surface area contributed by atoms with Crippen LogP contribution in [-0.4, -0.2) is 40.2 Å². The van der Waals surface area contributed by atoms with Crippen LogP contribution in [0.3, 0.4) is 0 Å². The number of benzene rings is 2. The molecule has 156 valence electrons. The number of sulfonamides is 1. The Kier molecular flexibility index (Phi) is 7.00. The van der Waals surface area contributed by atoms with Gasteiger partial charge in [0, 0.05) is 17.9 Å². The largest absolute Gasteiger partial charge is 0.494 e. The molecule has 0 saturated carbocycles. The molecule has 0 bridgehead atoms. The molecule has 1 fully saturated rings. The molecule has 0 radical (unpaired) electrons.